The summed E-state index contributed by atoms with van der Waals surface area (Å²) < 4.78 is 0. The molecule has 0 amide bonds. The van der Waals surface area contributed by atoms with Crippen molar-refractivity contribution in [3.63, 3.8) is 0 Å². The Labute approximate surface area is 79.2 Å². The van der Waals surface area contributed by atoms with Crippen molar-refractivity contribution >= 4 is 5.69 Å². The van der Waals surface area contributed by atoms with Gasteiger partial charge in [0, 0.05) is 11.2 Å². The van der Waals surface area contributed by atoms with E-state index in [1.54, 1.807) is 0 Å². The number of rotatable bonds is 3. The lowest BCUT2D eigenvalue weighted by molar-refractivity contribution is 0.634. The Morgan fingerprint density at radius 1 is 1.08 bits per heavy atom. The van der Waals surface area contributed by atoms with Crippen LogP contribution in [0.4, 0.5) is 5.69 Å². The van der Waals surface area contributed by atoms with Gasteiger partial charge in [-0.15, -0.1) is 0 Å². The Bertz CT molecular complexity index is 296. The zero-order valence-corrected chi connectivity index (χ0v) is 7.79. The Hall–Kier alpha value is -0.980. The minimum atomic E-state index is 0.515. The summed E-state index contributed by atoms with van der Waals surface area (Å²) in [7, 11) is 0. The van der Waals surface area contributed by atoms with Gasteiger partial charge in [-0.25, -0.2) is 0 Å². The lowest BCUT2D eigenvalue weighted by Crippen LogP contribution is -2.23. The third-order valence-electron chi connectivity index (χ3n) is 3.31. The number of para-hydroxylation sites is 1. The van der Waals surface area contributed by atoms with Crippen LogP contribution >= 0.6 is 0 Å². The van der Waals surface area contributed by atoms with Crippen LogP contribution in [0.15, 0.2) is 30.3 Å². The molecule has 1 nitrogen and oxygen atoms in total. The first-order valence-corrected chi connectivity index (χ1v) is 5.22. The Balaban J connectivity index is 1.75. The summed E-state index contributed by atoms with van der Waals surface area (Å²) >= 11 is 0. The van der Waals surface area contributed by atoms with Gasteiger partial charge in [-0.2, -0.15) is 0 Å². The average molecular weight is 173 g/mol. The summed E-state index contributed by atoms with van der Waals surface area (Å²) in [5.41, 5.74) is 1.81. The molecule has 68 valence electrons. The number of hydrogen-bond acceptors (Lipinski definition) is 1. The van der Waals surface area contributed by atoms with Gasteiger partial charge in [0.05, 0.1) is 0 Å². The number of anilines is 1. The molecule has 1 aromatic rings. The van der Waals surface area contributed by atoms with E-state index in [9.17, 15) is 0 Å². The van der Waals surface area contributed by atoms with E-state index in [1.165, 1.54) is 31.4 Å². The van der Waals surface area contributed by atoms with E-state index in [1.807, 2.05) is 0 Å². The highest BCUT2D eigenvalue weighted by Gasteiger charge is 2.53. The monoisotopic (exact) mass is 173 g/mol. The summed E-state index contributed by atoms with van der Waals surface area (Å²) in [6, 6.07) is 10.6. The molecule has 0 heterocycles. The van der Waals surface area contributed by atoms with E-state index in [0.717, 1.165) is 5.92 Å². The van der Waals surface area contributed by atoms with Gasteiger partial charge in [-0.05, 0) is 43.7 Å². The zero-order valence-electron chi connectivity index (χ0n) is 7.79. The summed E-state index contributed by atoms with van der Waals surface area (Å²) in [5.74, 6) is 0.979. The molecule has 1 aromatic carbocycles. The summed E-state index contributed by atoms with van der Waals surface area (Å²) in [6.07, 6.45) is 5.65. The molecule has 2 saturated carbocycles. The van der Waals surface area contributed by atoms with Crippen LogP contribution in [0.25, 0.3) is 0 Å². The highest BCUT2D eigenvalue weighted by Crippen LogP contribution is 2.55. The SMILES string of the molecule is c1ccc(NC2(C3CC3)CC2)cc1. The van der Waals surface area contributed by atoms with Crippen LogP contribution in [-0.4, -0.2) is 5.54 Å². The van der Waals surface area contributed by atoms with Crippen LogP contribution in [-0.2, 0) is 0 Å². The van der Waals surface area contributed by atoms with Crippen molar-refractivity contribution in [2.24, 2.45) is 5.92 Å². The fourth-order valence-corrected chi connectivity index (χ4v) is 2.21. The van der Waals surface area contributed by atoms with Gasteiger partial charge in [-0.3, -0.25) is 0 Å². The second-order valence-electron chi connectivity index (χ2n) is 4.42. The molecule has 0 aromatic heterocycles. The molecule has 0 bridgehead atoms. The minimum Gasteiger partial charge on any atom is -0.379 e. The lowest BCUT2D eigenvalue weighted by atomic mass is 10.1. The van der Waals surface area contributed by atoms with Gasteiger partial charge in [0.2, 0.25) is 0 Å². The first-order valence-electron chi connectivity index (χ1n) is 5.22. The molecule has 0 spiro atoms. The van der Waals surface area contributed by atoms with Gasteiger partial charge in [0.15, 0.2) is 0 Å². The molecule has 0 radical (unpaired) electrons. The van der Waals surface area contributed by atoms with E-state index in [0.29, 0.717) is 5.54 Å². The van der Waals surface area contributed by atoms with Crippen molar-refractivity contribution in [2.75, 3.05) is 5.32 Å². The van der Waals surface area contributed by atoms with Gasteiger partial charge < -0.3 is 5.32 Å². The predicted molar refractivity (Wildman–Crippen MR) is 54.8 cm³/mol. The second-order valence-corrected chi connectivity index (χ2v) is 4.42. The first-order chi connectivity index (χ1) is 6.39. The van der Waals surface area contributed by atoms with Crippen molar-refractivity contribution in [2.45, 2.75) is 31.2 Å². The maximum atomic E-state index is 3.69. The number of hydrogen-bond donors (Lipinski definition) is 1. The van der Waals surface area contributed by atoms with Crippen LogP contribution in [0.1, 0.15) is 25.7 Å². The lowest BCUT2D eigenvalue weighted by Gasteiger charge is -2.17. The normalized spacial score (nSPS) is 24.0. The molecule has 2 aliphatic rings. The minimum absolute atomic E-state index is 0.515. The first kappa shape index (κ1) is 7.43. The quantitative estimate of drug-likeness (QED) is 0.740. The summed E-state index contributed by atoms with van der Waals surface area (Å²) in [4.78, 5) is 0. The van der Waals surface area contributed by atoms with Crippen LogP contribution < -0.4 is 5.32 Å². The molecule has 1 heteroatoms. The molecule has 0 aliphatic heterocycles. The molecule has 2 fully saturated rings. The molecule has 0 atom stereocenters. The molecule has 2 aliphatic carbocycles. The van der Waals surface area contributed by atoms with Crippen LogP contribution in [0.2, 0.25) is 0 Å². The largest absolute Gasteiger partial charge is 0.379 e. The predicted octanol–water partition coefficient (Wildman–Crippen LogP) is 3.04. The maximum absolute atomic E-state index is 3.69. The molecule has 0 unspecified atom stereocenters. The molecule has 1 N–H and O–H groups in total. The molecule has 0 saturated heterocycles. The van der Waals surface area contributed by atoms with E-state index in [2.05, 4.69) is 35.6 Å². The fraction of sp³-hybridized carbons (Fsp3) is 0.500. The fourth-order valence-electron chi connectivity index (χ4n) is 2.21. The van der Waals surface area contributed by atoms with Crippen molar-refractivity contribution in [1.29, 1.82) is 0 Å². The highest BCUT2D eigenvalue weighted by atomic mass is 15.0. The highest BCUT2D eigenvalue weighted by molar-refractivity contribution is 5.48. The Morgan fingerprint density at radius 3 is 2.31 bits per heavy atom. The van der Waals surface area contributed by atoms with E-state index in [-0.39, 0.29) is 0 Å². The van der Waals surface area contributed by atoms with Gasteiger partial charge >= 0.3 is 0 Å². The van der Waals surface area contributed by atoms with Crippen molar-refractivity contribution < 1.29 is 0 Å². The van der Waals surface area contributed by atoms with Crippen molar-refractivity contribution in [1.82, 2.24) is 0 Å². The van der Waals surface area contributed by atoms with Gasteiger partial charge in [0.25, 0.3) is 0 Å². The molecule has 13 heavy (non-hydrogen) atoms. The van der Waals surface area contributed by atoms with E-state index >= 15 is 0 Å². The third-order valence-corrected chi connectivity index (χ3v) is 3.31. The van der Waals surface area contributed by atoms with E-state index in [4.69, 9.17) is 0 Å². The van der Waals surface area contributed by atoms with Gasteiger partial charge in [-0.1, -0.05) is 18.2 Å². The number of nitrogens with one attached hydrogen (secondary N) is 1. The molecular formula is C12H15N. The molecular weight excluding hydrogens is 158 g/mol. The summed E-state index contributed by atoms with van der Waals surface area (Å²) in [6.45, 7) is 0. The topological polar surface area (TPSA) is 12.0 Å². The van der Waals surface area contributed by atoms with Crippen LogP contribution in [0.3, 0.4) is 0 Å². The zero-order chi connectivity index (χ0) is 8.73. The smallest absolute Gasteiger partial charge is 0.0403 e. The van der Waals surface area contributed by atoms with Crippen LogP contribution in [0.5, 0.6) is 0 Å². The van der Waals surface area contributed by atoms with Crippen molar-refractivity contribution in [3.8, 4) is 0 Å². The average Bonchev–Trinajstić information content (AvgIpc) is 3.00. The summed E-state index contributed by atoms with van der Waals surface area (Å²) in [5, 5.41) is 3.69. The number of benzene rings is 1. The van der Waals surface area contributed by atoms with E-state index < -0.39 is 0 Å². The van der Waals surface area contributed by atoms with Crippen LogP contribution in [0, 0.1) is 5.92 Å². The molecule has 3 rings (SSSR count). The second kappa shape index (κ2) is 2.50. The maximum Gasteiger partial charge on any atom is 0.0403 e. The standard InChI is InChI=1S/C12H15N/c1-2-4-11(5-3-1)13-12(8-9-12)10-6-7-10/h1-5,10,13H,6-9H2. The van der Waals surface area contributed by atoms with Gasteiger partial charge in [0.1, 0.15) is 0 Å². The third kappa shape index (κ3) is 1.32. The Morgan fingerprint density at radius 2 is 1.77 bits per heavy atom. The van der Waals surface area contributed by atoms with Crippen molar-refractivity contribution in [3.05, 3.63) is 30.3 Å². The Kier molecular flexibility index (Phi) is 1.43.